The van der Waals surface area contributed by atoms with Gasteiger partial charge in [0.1, 0.15) is 0 Å². The fourth-order valence-electron chi connectivity index (χ4n) is 6.51. The van der Waals surface area contributed by atoms with Gasteiger partial charge in [-0.25, -0.2) is 4.79 Å². The number of para-hydroxylation sites is 1. The zero-order valence-electron chi connectivity index (χ0n) is 24.9. The van der Waals surface area contributed by atoms with Crippen LogP contribution in [0.25, 0.3) is 0 Å². The van der Waals surface area contributed by atoms with Crippen LogP contribution in [0.2, 0.25) is 0 Å². The summed E-state index contributed by atoms with van der Waals surface area (Å²) in [4.78, 5) is 40.9. The van der Waals surface area contributed by atoms with Crippen molar-refractivity contribution in [3.8, 4) is 0 Å². The van der Waals surface area contributed by atoms with E-state index in [0.717, 1.165) is 41.3 Å². The van der Waals surface area contributed by atoms with Crippen molar-refractivity contribution in [2.45, 2.75) is 70.3 Å². The van der Waals surface area contributed by atoms with Gasteiger partial charge in [-0.1, -0.05) is 81.5 Å². The predicted molar refractivity (Wildman–Crippen MR) is 170 cm³/mol. The Balaban J connectivity index is 1.16. The number of unbranched alkanes of at least 4 members (excludes halogenated alkanes) is 5. The number of aliphatic hydroxyl groups is 1. The van der Waals surface area contributed by atoms with Gasteiger partial charge in [-0.2, -0.15) is 10.1 Å². The number of hydrogen-bond acceptors (Lipinski definition) is 6. The van der Waals surface area contributed by atoms with Gasteiger partial charge >= 0.3 is 5.97 Å². The number of aliphatic hydroxyl groups excluding tert-OH is 1. The highest BCUT2D eigenvalue weighted by Gasteiger charge is 2.51. The molecule has 0 radical (unpaired) electrons. The number of hydrazone groups is 1. The van der Waals surface area contributed by atoms with Crippen LogP contribution in [0.3, 0.4) is 0 Å². The number of carboxylic acid groups (broad SMARTS) is 1. The zero-order chi connectivity index (χ0) is 30.8. The van der Waals surface area contributed by atoms with Crippen molar-refractivity contribution >= 4 is 40.4 Å². The minimum Gasteiger partial charge on any atom is -0.476 e. The summed E-state index contributed by atoms with van der Waals surface area (Å²) < 4.78 is 0. The van der Waals surface area contributed by atoms with E-state index in [-0.39, 0.29) is 11.1 Å². The number of ketones is 1. The number of carbonyl (C=O) groups excluding carboxylic acids is 2. The van der Waals surface area contributed by atoms with Crippen LogP contribution < -0.4 is 9.91 Å². The van der Waals surface area contributed by atoms with Crippen LogP contribution in [0.15, 0.2) is 89.0 Å². The topological polar surface area (TPSA) is 111 Å². The molecular formula is C36H37N3O5. The smallest absolute Gasteiger partial charge is 0.357 e. The van der Waals surface area contributed by atoms with Crippen LogP contribution in [-0.4, -0.2) is 46.2 Å². The largest absolute Gasteiger partial charge is 0.476 e. The van der Waals surface area contributed by atoms with E-state index in [1.54, 1.807) is 30.3 Å². The number of anilines is 3. The molecule has 3 aliphatic rings. The lowest BCUT2D eigenvalue weighted by atomic mass is 9.69. The van der Waals surface area contributed by atoms with E-state index in [9.17, 15) is 24.6 Å². The van der Waals surface area contributed by atoms with E-state index in [4.69, 9.17) is 0 Å². The number of carbonyl (C=O) groups is 3. The first-order chi connectivity index (χ1) is 21.4. The molecule has 1 aliphatic carbocycles. The van der Waals surface area contributed by atoms with Crippen LogP contribution in [0.5, 0.6) is 0 Å². The second kappa shape index (κ2) is 12.6. The first-order valence-electron chi connectivity index (χ1n) is 15.6. The quantitative estimate of drug-likeness (QED) is 0.206. The molecule has 0 aromatic heterocycles. The summed E-state index contributed by atoms with van der Waals surface area (Å²) >= 11 is 0. The maximum Gasteiger partial charge on any atom is 0.357 e. The van der Waals surface area contributed by atoms with Crippen molar-refractivity contribution < 1.29 is 24.6 Å². The van der Waals surface area contributed by atoms with Gasteiger partial charge in [-0.05, 0) is 66.3 Å². The Morgan fingerprint density at radius 1 is 0.909 bits per heavy atom. The molecule has 3 aromatic carbocycles. The molecule has 0 saturated heterocycles. The summed E-state index contributed by atoms with van der Waals surface area (Å²) in [5, 5.41) is 25.8. The highest BCUT2D eigenvalue weighted by Crippen LogP contribution is 2.44. The van der Waals surface area contributed by atoms with E-state index in [2.05, 4.69) is 41.2 Å². The number of aryl methyl sites for hydroxylation is 1. The third-order valence-electron chi connectivity index (χ3n) is 8.90. The number of amides is 1. The summed E-state index contributed by atoms with van der Waals surface area (Å²) in [6, 6.07) is 22.9. The molecule has 2 aliphatic heterocycles. The molecule has 2 heterocycles. The maximum absolute atomic E-state index is 13.4. The van der Waals surface area contributed by atoms with Gasteiger partial charge in [0.25, 0.3) is 5.91 Å². The second-order valence-corrected chi connectivity index (χ2v) is 11.8. The molecule has 8 nitrogen and oxygen atoms in total. The van der Waals surface area contributed by atoms with E-state index >= 15 is 0 Å². The number of Topliss-reactive ketones (excluding diaryl/α,β-unsaturated/α-hetero) is 1. The summed E-state index contributed by atoms with van der Waals surface area (Å²) in [5.41, 5.74) is 4.58. The molecule has 8 heteroatoms. The van der Waals surface area contributed by atoms with Crippen LogP contribution in [-0.2, 0) is 27.2 Å². The predicted octanol–water partition coefficient (Wildman–Crippen LogP) is 6.10. The van der Waals surface area contributed by atoms with Crippen molar-refractivity contribution in [2.75, 3.05) is 16.5 Å². The first-order valence-corrected chi connectivity index (χ1v) is 15.6. The molecule has 1 saturated carbocycles. The Labute approximate surface area is 257 Å². The molecular weight excluding hydrogens is 554 g/mol. The van der Waals surface area contributed by atoms with Gasteiger partial charge in [0.2, 0.25) is 0 Å². The summed E-state index contributed by atoms with van der Waals surface area (Å²) in [6.07, 6.45) is 8.30. The molecule has 1 fully saturated rings. The number of hydrogen-bond donors (Lipinski definition) is 2. The molecule has 0 spiro atoms. The number of carboxylic acids is 1. The third-order valence-corrected chi connectivity index (χ3v) is 8.90. The first kappa shape index (κ1) is 29.5. The van der Waals surface area contributed by atoms with Gasteiger partial charge in [-0.3, -0.25) is 9.59 Å². The normalized spacial score (nSPS) is 21.0. The van der Waals surface area contributed by atoms with E-state index in [0.29, 0.717) is 11.3 Å². The van der Waals surface area contributed by atoms with Gasteiger partial charge in [0.15, 0.2) is 11.5 Å². The lowest BCUT2D eigenvalue weighted by Crippen LogP contribution is -2.46. The number of benzene rings is 3. The molecule has 2 atom stereocenters. The standard InChI is InChI=1S/C36H37N3O5/c1-2-3-4-5-6-8-11-23-14-17-26(18-15-23)38-21-20-24-22-25(16-19-28(24)38)29-33(40)31(34(29)41)30-32(36(43)44)37-39(35(30)42)27-12-9-7-10-13-27/h7,9-10,12-19,22,29,33,40H,2-6,8,11,20-21H2,1H3,(H,43,44)/b31-30+. The van der Waals surface area contributed by atoms with Gasteiger partial charge in [0.05, 0.1) is 23.3 Å². The van der Waals surface area contributed by atoms with Crippen LogP contribution >= 0.6 is 0 Å². The number of aliphatic carboxylic acids is 1. The number of rotatable bonds is 11. The van der Waals surface area contributed by atoms with Crippen molar-refractivity contribution in [2.24, 2.45) is 5.10 Å². The summed E-state index contributed by atoms with van der Waals surface area (Å²) in [7, 11) is 0. The SMILES string of the molecule is CCCCCCCCc1ccc(N2CCc3cc(C4C(=O)/C(=C5/C(=O)N(c6ccccc6)N=C5C(=O)O)C4O)ccc32)cc1. The highest BCUT2D eigenvalue weighted by atomic mass is 16.4. The van der Waals surface area contributed by atoms with Crippen LogP contribution in [0, 0.1) is 0 Å². The molecule has 3 aromatic rings. The summed E-state index contributed by atoms with van der Waals surface area (Å²) in [6.45, 7) is 3.05. The van der Waals surface area contributed by atoms with E-state index in [1.807, 2.05) is 18.2 Å². The van der Waals surface area contributed by atoms with Crippen molar-refractivity contribution in [3.63, 3.8) is 0 Å². The molecule has 44 heavy (non-hydrogen) atoms. The van der Waals surface area contributed by atoms with Crippen LogP contribution in [0.1, 0.15) is 68.1 Å². The van der Waals surface area contributed by atoms with Gasteiger partial charge < -0.3 is 15.1 Å². The molecule has 2 N–H and O–H groups in total. The lowest BCUT2D eigenvalue weighted by molar-refractivity contribution is -0.129. The Morgan fingerprint density at radius 3 is 2.34 bits per heavy atom. The minimum atomic E-state index is -1.43. The van der Waals surface area contributed by atoms with Gasteiger partial charge in [0, 0.05) is 23.5 Å². The molecule has 1 amide bonds. The number of nitrogens with zero attached hydrogens (tertiary/aromatic N) is 3. The fourth-order valence-corrected chi connectivity index (χ4v) is 6.51. The highest BCUT2D eigenvalue weighted by molar-refractivity contribution is 6.54. The Hall–Kier alpha value is -4.56. The summed E-state index contributed by atoms with van der Waals surface area (Å²) in [5.74, 6) is -3.50. The van der Waals surface area contributed by atoms with Crippen molar-refractivity contribution in [1.29, 1.82) is 0 Å². The average molecular weight is 592 g/mol. The van der Waals surface area contributed by atoms with Crippen LogP contribution in [0.4, 0.5) is 17.1 Å². The monoisotopic (exact) mass is 591 g/mol. The average Bonchev–Trinajstić information content (AvgIpc) is 3.61. The zero-order valence-corrected chi connectivity index (χ0v) is 24.9. The molecule has 6 rings (SSSR count). The molecule has 0 bridgehead atoms. The Kier molecular flexibility index (Phi) is 8.44. The van der Waals surface area contributed by atoms with E-state index < -0.39 is 35.4 Å². The van der Waals surface area contributed by atoms with E-state index in [1.165, 1.54) is 44.1 Å². The molecule has 2 unspecified atom stereocenters. The molecule has 226 valence electrons. The Bertz CT molecular complexity index is 1640. The second-order valence-electron chi connectivity index (χ2n) is 11.8. The Morgan fingerprint density at radius 2 is 1.64 bits per heavy atom. The van der Waals surface area contributed by atoms with Gasteiger partial charge in [-0.15, -0.1) is 0 Å². The lowest BCUT2D eigenvalue weighted by Gasteiger charge is -2.35. The number of fused-ring (bicyclic) bond motifs is 1. The third kappa shape index (κ3) is 5.46. The minimum absolute atomic E-state index is 0.192. The van der Waals surface area contributed by atoms with Crippen molar-refractivity contribution in [3.05, 3.63) is 101 Å². The maximum atomic E-state index is 13.4. The fraction of sp³-hybridized carbons (Fsp3) is 0.333. The van der Waals surface area contributed by atoms with Crippen molar-refractivity contribution in [1.82, 2.24) is 0 Å².